The summed E-state index contributed by atoms with van der Waals surface area (Å²) >= 11 is 0. The SMILES string of the molecule is Cc1cccc2c1NC(=O)C2(O)CC(=O)O. The molecule has 16 heavy (non-hydrogen) atoms. The van der Waals surface area contributed by atoms with Crippen LogP contribution in [0.5, 0.6) is 0 Å². The van der Waals surface area contributed by atoms with Gasteiger partial charge in [-0.25, -0.2) is 0 Å². The molecule has 5 nitrogen and oxygen atoms in total. The van der Waals surface area contributed by atoms with E-state index in [1.165, 1.54) is 0 Å². The van der Waals surface area contributed by atoms with E-state index in [-0.39, 0.29) is 0 Å². The van der Waals surface area contributed by atoms with Gasteiger partial charge in [-0.15, -0.1) is 0 Å². The number of rotatable bonds is 2. The Kier molecular flexibility index (Phi) is 2.20. The second kappa shape index (κ2) is 3.31. The Labute approximate surface area is 91.7 Å². The summed E-state index contributed by atoms with van der Waals surface area (Å²) in [5, 5.41) is 21.3. The van der Waals surface area contributed by atoms with Crippen LogP contribution in [-0.4, -0.2) is 22.1 Å². The summed E-state index contributed by atoms with van der Waals surface area (Å²) in [7, 11) is 0. The molecule has 2 rings (SSSR count). The number of hydrogen-bond acceptors (Lipinski definition) is 3. The molecule has 0 saturated carbocycles. The minimum absolute atomic E-state index is 0.333. The van der Waals surface area contributed by atoms with E-state index in [0.29, 0.717) is 11.3 Å². The first kappa shape index (κ1) is 10.6. The number of aryl methyl sites for hydroxylation is 1. The quantitative estimate of drug-likeness (QED) is 0.682. The van der Waals surface area contributed by atoms with E-state index in [1.54, 1.807) is 25.1 Å². The number of amides is 1. The highest BCUT2D eigenvalue weighted by Gasteiger charge is 2.47. The molecule has 0 aliphatic carbocycles. The van der Waals surface area contributed by atoms with Crippen molar-refractivity contribution in [1.82, 2.24) is 0 Å². The van der Waals surface area contributed by atoms with E-state index in [0.717, 1.165) is 5.56 Å². The first-order valence-electron chi connectivity index (χ1n) is 4.81. The summed E-state index contributed by atoms with van der Waals surface area (Å²) in [5.74, 6) is -1.90. The lowest BCUT2D eigenvalue weighted by atomic mass is 9.91. The van der Waals surface area contributed by atoms with Gasteiger partial charge in [0, 0.05) is 5.56 Å². The van der Waals surface area contributed by atoms with Crippen molar-refractivity contribution in [2.45, 2.75) is 18.9 Å². The molecule has 0 fully saturated rings. The van der Waals surface area contributed by atoms with Crippen LogP contribution >= 0.6 is 0 Å². The summed E-state index contributed by atoms with van der Waals surface area (Å²) in [4.78, 5) is 22.3. The number of para-hydroxylation sites is 1. The third-order valence-electron chi connectivity index (χ3n) is 2.74. The van der Waals surface area contributed by atoms with Gasteiger partial charge in [-0.3, -0.25) is 9.59 Å². The number of carboxylic acid groups (broad SMARTS) is 1. The lowest BCUT2D eigenvalue weighted by molar-refractivity contribution is -0.149. The van der Waals surface area contributed by atoms with Crippen molar-refractivity contribution in [3.05, 3.63) is 29.3 Å². The molecule has 3 N–H and O–H groups in total. The summed E-state index contributed by atoms with van der Waals surface area (Å²) in [6, 6.07) is 5.02. The molecule has 1 unspecified atom stereocenters. The summed E-state index contributed by atoms with van der Waals surface area (Å²) in [6.45, 7) is 1.78. The third-order valence-corrected chi connectivity index (χ3v) is 2.74. The second-order valence-electron chi connectivity index (χ2n) is 3.88. The van der Waals surface area contributed by atoms with Crippen LogP contribution in [0, 0.1) is 6.92 Å². The van der Waals surface area contributed by atoms with E-state index in [9.17, 15) is 14.7 Å². The number of hydrogen-bond donors (Lipinski definition) is 3. The molecule has 0 aromatic heterocycles. The van der Waals surface area contributed by atoms with Crippen LogP contribution in [0.2, 0.25) is 0 Å². The lowest BCUT2D eigenvalue weighted by Gasteiger charge is -2.18. The molecule has 0 radical (unpaired) electrons. The van der Waals surface area contributed by atoms with Gasteiger partial charge in [-0.2, -0.15) is 0 Å². The summed E-state index contributed by atoms with van der Waals surface area (Å²) < 4.78 is 0. The number of nitrogens with one attached hydrogen (secondary N) is 1. The average molecular weight is 221 g/mol. The minimum atomic E-state index is -1.95. The molecule has 84 valence electrons. The Balaban J connectivity index is 2.55. The van der Waals surface area contributed by atoms with E-state index in [2.05, 4.69) is 5.32 Å². The standard InChI is InChI=1S/C11H11NO4/c1-6-3-2-4-7-9(6)12-10(15)11(7,16)5-8(13)14/h2-4,16H,5H2,1H3,(H,12,15)(H,13,14). The maximum absolute atomic E-state index is 11.6. The zero-order chi connectivity index (χ0) is 11.9. The number of benzene rings is 1. The van der Waals surface area contributed by atoms with Gasteiger partial charge >= 0.3 is 5.97 Å². The highest BCUT2D eigenvalue weighted by molar-refractivity contribution is 6.07. The maximum Gasteiger partial charge on any atom is 0.307 e. The predicted octanol–water partition coefficient (Wildman–Crippen LogP) is 0.609. The van der Waals surface area contributed by atoms with Gasteiger partial charge in [-0.05, 0) is 12.5 Å². The normalized spacial score (nSPS) is 22.8. The fourth-order valence-corrected chi connectivity index (χ4v) is 1.91. The maximum atomic E-state index is 11.6. The number of aliphatic carboxylic acids is 1. The van der Waals surface area contributed by atoms with Crippen molar-refractivity contribution in [3.8, 4) is 0 Å². The van der Waals surface area contributed by atoms with Crippen molar-refractivity contribution < 1.29 is 19.8 Å². The van der Waals surface area contributed by atoms with Crippen LogP contribution in [0.25, 0.3) is 0 Å². The fraction of sp³-hybridized carbons (Fsp3) is 0.273. The van der Waals surface area contributed by atoms with Gasteiger partial charge in [0.2, 0.25) is 0 Å². The number of carbonyl (C=O) groups excluding carboxylic acids is 1. The molecule has 5 heteroatoms. The average Bonchev–Trinajstić information content (AvgIpc) is 2.41. The molecule has 0 spiro atoms. The Morgan fingerprint density at radius 2 is 2.19 bits per heavy atom. The van der Waals surface area contributed by atoms with Gasteiger partial charge in [0.15, 0.2) is 5.60 Å². The van der Waals surface area contributed by atoms with Gasteiger partial charge in [-0.1, -0.05) is 18.2 Å². The summed E-state index contributed by atoms with van der Waals surface area (Å²) in [6.07, 6.45) is -0.630. The van der Waals surface area contributed by atoms with Crippen molar-refractivity contribution in [2.24, 2.45) is 0 Å². The van der Waals surface area contributed by atoms with Crippen molar-refractivity contribution in [3.63, 3.8) is 0 Å². The number of carboxylic acids is 1. The van der Waals surface area contributed by atoms with Gasteiger partial charge in [0.25, 0.3) is 5.91 Å². The van der Waals surface area contributed by atoms with Crippen LogP contribution in [0.3, 0.4) is 0 Å². The smallest absolute Gasteiger partial charge is 0.307 e. The molecule has 1 atom stereocenters. The van der Waals surface area contributed by atoms with Crippen molar-refractivity contribution >= 4 is 17.6 Å². The molecule has 1 heterocycles. The molecule has 1 aromatic carbocycles. The first-order valence-corrected chi connectivity index (χ1v) is 4.81. The lowest BCUT2D eigenvalue weighted by Crippen LogP contribution is -2.36. The highest BCUT2D eigenvalue weighted by Crippen LogP contribution is 2.39. The fourth-order valence-electron chi connectivity index (χ4n) is 1.91. The van der Waals surface area contributed by atoms with Crippen LogP contribution in [0.4, 0.5) is 5.69 Å². The molecule has 0 saturated heterocycles. The van der Waals surface area contributed by atoms with Crippen molar-refractivity contribution in [1.29, 1.82) is 0 Å². The largest absolute Gasteiger partial charge is 0.481 e. The third kappa shape index (κ3) is 1.37. The Hall–Kier alpha value is -1.88. The minimum Gasteiger partial charge on any atom is -0.481 e. The van der Waals surface area contributed by atoms with Gasteiger partial charge < -0.3 is 15.5 Å². The zero-order valence-corrected chi connectivity index (χ0v) is 8.65. The van der Waals surface area contributed by atoms with E-state index in [1.807, 2.05) is 0 Å². The monoisotopic (exact) mass is 221 g/mol. The number of anilines is 1. The molecule has 1 amide bonds. The van der Waals surface area contributed by atoms with Gasteiger partial charge in [0.1, 0.15) is 0 Å². The Bertz CT molecular complexity index is 483. The first-order chi connectivity index (χ1) is 7.45. The number of fused-ring (bicyclic) bond motifs is 1. The van der Waals surface area contributed by atoms with E-state index < -0.39 is 23.9 Å². The molecule has 1 aromatic rings. The van der Waals surface area contributed by atoms with E-state index in [4.69, 9.17) is 5.11 Å². The van der Waals surface area contributed by atoms with Crippen LogP contribution in [0.15, 0.2) is 18.2 Å². The number of carbonyl (C=O) groups is 2. The molecule has 1 aliphatic heterocycles. The number of aliphatic hydroxyl groups is 1. The second-order valence-corrected chi connectivity index (χ2v) is 3.88. The van der Waals surface area contributed by atoms with Crippen molar-refractivity contribution in [2.75, 3.05) is 5.32 Å². The van der Waals surface area contributed by atoms with Crippen LogP contribution in [0.1, 0.15) is 17.5 Å². The van der Waals surface area contributed by atoms with Gasteiger partial charge in [0.05, 0.1) is 12.1 Å². The van der Waals surface area contributed by atoms with E-state index >= 15 is 0 Å². The molecule has 0 bridgehead atoms. The van der Waals surface area contributed by atoms with Crippen LogP contribution < -0.4 is 5.32 Å². The van der Waals surface area contributed by atoms with Crippen LogP contribution in [-0.2, 0) is 15.2 Å². The predicted molar refractivity (Wildman–Crippen MR) is 56.0 cm³/mol. The Morgan fingerprint density at radius 3 is 2.81 bits per heavy atom. The topological polar surface area (TPSA) is 86.6 Å². The molecule has 1 aliphatic rings. The molecular formula is C11H11NO4. The zero-order valence-electron chi connectivity index (χ0n) is 8.65. The summed E-state index contributed by atoms with van der Waals surface area (Å²) in [5.41, 5.74) is -0.309. The molecular weight excluding hydrogens is 210 g/mol. The highest BCUT2D eigenvalue weighted by atomic mass is 16.4. The Morgan fingerprint density at radius 1 is 1.50 bits per heavy atom.